The third-order valence-electron chi connectivity index (χ3n) is 3.74. The molecule has 0 radical (unpaired) electrons. The lowest BCUT2D eigenvalue weighted by Crippen LogP contribution is -2.38. The second-order valence-corrected chi connectivity index (χ2v) is 5.49. The van der Waals surface area contributed by atoms with Crippen molar-refractivity contribution in [3.05, 3.63) is 59.2 Å². The molecule has 0 unspecified atom stereocenters. The molecule has 0 saturated carbocycles. The van der Waals surface area contributed by atoms with E-state index in [0.29, 0.717) is 13.1 Å². The number of aromatic nitrogens is 1. The highest BCUT2D eigenvalue weighted by atomic mass is 127. The number of hydrogen-bond acceptors (Lipinski definition) is 3. The van der Waals surface area contributed by atoms with Gasteiger partial charge in [-0.25, -0.2) is 4.39 Å². The molecule has 2 aromatic rings. The van der Waals surface area contributed by atoms with E-state index in [1.54, 1.807) is 19.3 Å². The fourth-order valence-corrected chi connectivity index (χ4v) is 2.41. The first-order valence-electron chi connectivity index (χ1n) is 7.70. The number of benzene rings is 1. The molecule has 1 heterocycles. The van der Waals surface area contributed by atoms with Gasteiger partial charge in [0.1, 0.15) is 0 Å². The molecule has 0 bridgehead atoms. The Hall–Kier alpha value is -1.90. The van der Waals surface area contributed by atoms with Crippen LogP contribution in [0, 0.1) is 12.7 Å². The summed E-state index contributed by atoms with van der Waals surface area (Å²) in [4.78, 5) is 10.6. The highest BCUT2D eigenvalue weighted by molar-refractivity contribution is 14.0. The van der Waals surface area contributed by atoms with Crippen LogP contribution in [0.15, 0.2) is 41.5 Å². The molecule has 0 atom stereocenters. The lowest BCUT2D eigenvalue weighted by atomic mass is 10.2. The normalized spacial score (nSPS) is 10.8. The van der Waals surface area contributed by atoms with Gasteiger partial charge in [0, 0.05) is 26.8 Å². The molecule has 136 valence electrons. The zero-order valence-electron chi connectivity index (χ0n) is 14.9. The van der Waals surface area contributed by atoms with Gasteiger partial charge in [-0.3, -0.25) is 9.98 Å². The van der Waals surface area contributed by atoms with E-state index in [-0.39, 0.29) is 35.5 Å². The number of ether oxygens (including phenoxy) is 1. The fourth-order valence-electron chi connectivity index (χ4n) is 2.41. The van der Waals surface area contributed by atoms with Gasteiger partial charge in [0.15, 0.2) is 17.5 Å². The van der Waals surface area contributed by atoms with E-state index in [1.165, 1.54) is 13.2 Å². The van der Waals surface area contributed by atoms with E-state index in [1.807, 2.05) is 37.1 Å². The number of halogens is 2. The van der Waals surface area contributed by atoms with Crippen molar-refractivity contribution in [3.8, 4) is 5.75 Å². The lowest BCUT2D eigenvalue weighted by Gasteiger charge is -2.22. The minimum absolute atomic E-state index is 0. The van der Waals surface area contributed by atoms with Gasteiger partial charge >= 0.3 is 0 Å². The van der Waals surface area contributed by atoms with E-state index < -0.39 is 0 Å². The second-order valence-electron chi connectivity index (χ2n) is 5.49. The second kappa shape index (κ2) is 10.2. The van der Waals surface area contributed by atoms with E-state index >= 15 is 0 Å². The monoisotopic (exact) mass is 458 g/mol. The Labute approximate surface area is 165 Å². The van der Waals surface area contributed by atoms with Gasteiger partial charge < -0.3 is 15.0 Å². The molecule has 25 heavy (non-hydrogen) atoms. The average Bonchev–Trinajstić information content (AvgIpc) is 2.57. The molecule has 0 aliphatic heterocycles. The van der Waals surface area contributed by atoms with Crippen molar-refractivity contribution in [3.63, 3.8) is 0 Å². The predicted molar refractivity (Wildman–Crippen MR) is 109 cm³/mol. The Morgan fingerprint density at radius 2 is 2.12 bits per heavy atom. The standard InChI is InChI=1S/C18H23FN4O.HI/c1-13-6-5-9-21-16(13)11-22-18(20-2)23(3)12-14-7-8-17(24-4)15(19)10-14;/h5-10H,11-12H2,1-4H3,(H,20,22);1H. The summed E-state index contributed by atoms with van der Waals surface area (Å²) in [6, 6.07) is 8.89. The molecular weight excluding hydrogens is 434 g/mol. The molecule has 2 rings (SSSR count). The molecule has 5 nitrogen and oxygen atoms in total. The highest BCUT2D eigenvalue weighted by Gasteiger charge is 2.10. The number of hydrogen-bond donors (Lipinski definition) is 1. The smallest absolute Gasteiger partial charge is 0.194 e. The summed E-state index contributed by atoms with van der Waals surface area (Å²) in [5.74, 6) is 0.598. The van der Waals surface area contributed by atoms with Crippen LogP contribution in [-0.2, 0) is 13.1 Å². The summed E-state index contributed by atoms with van der Waals surface area (Å²) >= 11 is 0. The van der Waals surface area contributed by atoms with Crippen LogP contribution in [0.25, 0.3) is 0 Å². The molecule has 0 amide bonds. The number of pyridine rings is 1. The lowest BCUT2D eigenvalue weighted by molar-refractivity contribution is 0.385. The maximum Gasteiger partial charge on any atom is 0.194 e. The van der Waals surface area contributed by atoms with Crippen molar-refractivity contribution in [1.29, 1.82) is 0 Å². The summed E-state index contributed by atoms with van der Waals surface area (Å²) in [5.41, 5.74) is 2.94. The molecule has 0 spiro atoms. The van der Waals surface area contributed by atoms with Crippen LogP contribution in [0.3, 0.4) is 0 Å². The van der Waals surface area contributed by atoms with Crippen molar-refractivity contribution in [2.24, 2.45) is 4.99 Å². The molecule has 0 aliphatic carbocycles. The van der Waals surface area contributed by atoms with Gasteiger partial charge in [-0.2, -0.15) is 0 Å². The maximum atomic E-state index is 13.8. The van der Waals surface area contributed by atoms with Crippen LogP contribution in [0.2, 0.25) is 0 Å². The first kappa shape index (κ1) is 21.1. The van der Waals surface area contributed by atoms with Gasteiger partial charge in [-0.1, -0.05) is 12.1 Å². The molecule has 0 aliphatic rings. The Morgan fingerprint density at radius 3 is 2.72 bits per heavy atom. The Kier molecular flexibility index (Phi) is 8.60. The van der Waals surface area contributed by atoms with Gasteiger partial charge in [0.2, 0.25) is 0 Å². The summed E-state index contributed by atoms with van der Waals surface area (Å²) < 4.78 is 18.7. The third-order valence-corrected chi connectivity index (χ3v) is 3.74. The van der Waals surface area contributed by atoms with E-state index in [4.69, 9.17) is 4.74 Å². The number of guanidine groups is 1. The van der Waals surface area contributed by atoms with Gasteiger partial charge in [0.05, 0.1) is 19.3 Å². The number of aryl methyl sites for hydroxylation is 1. The molecule has 0 saturated heterocycles. The van der Waals surface area contributed by atoms with Crippen molar-refractivity contribution < 1.29 is 9.13 Å². The number of methoxy groups -OCH3 is 1. The van der Waals surface area contributed by atoms with Crippen LogP contribution in [0.1, 0.15) is 16.8 Å². The molecular formula is C18H24FIN4O. The summed E-state index contributed by atoms with van der Waals surface area (Å²) in [5, 5.41) is 3.28. The Morgan fingerprint density at radius 1 is 1.36 bits per heavy atom. The number of nitrogens with one attached hydrogen (secondary N) is 1. The number of rotatable bonds is 5. The summed E-state index contributed by atoms with van der Waals surface area (Å²) in [7, 11) is 5.08. The van der Waals surface area contributed by atoms with Crippen molar-refractivity contribution in [1.82, 2.24) is 15.2 Å². The number of nitrogens with zero attached hydrogens (tertiary/aromatic N) is 3. The first-order valence-corrected chi connectivity index (χ1v) is 7.70. The summed E-state index contributed by atoms with van der Waals surface area (Å²) in [6.45, 7) is 3.14. The largest absolute Gasteiger partial charge is 0.494 e. The molecule has 1 N–H and O–H groups in total. The quantitative estimate of drug-likeness (QED) is 0.424. The van der Waals surface area contributed by atoms with Gasteiger partial charge in [-0.05, 0) is 36.2 Å². The van der Waals surface area contributed by atoms with Gasteiger partial charge in [0.25, 0.3) is 0 Å². The van der Waals surface area contributed by atoms with Crippen LogP contribution >= 0.6 is 24.0 Å². The highest BCUT2D eigenvalue weighted by Crippen LogP contribution is 2.18. The zero-order valence-corrected chi connectivity index (χ0v) is 17.2. The zero-order chi connectivity index (χ0) is 17.5. The molecule has 1 aromatic carbocycles. The minimum atomic E-state index is -0.365. The Bertz CT molecular complexity index is 724. The van der Waals surface area contributed by atoms with Crippen molar-refractivity contribution in [2.45, 2.75) is 20.0 Å². The summed E-state index contributed by atoms with van der Waals surface area (Å²) in [6.07, 6.45) is 1.77. The van der Waals surface area contributed by atoms with E-state index in [0.717, 1.165) is 22.8 Å². The van der Waals surface area contributed by atoms with Crippen molar-refractivity contribution in [2.75, 3.05) is 21.2 Å². The minimum Gasteiger partial charge on any atom is -0.494 e. The number of aliphatic imine (C=N–C) groups is 1. The predicted octanol–water partition coefficient (Wildman–Crippen LogP) is 3.36. The van der Waals surface area contributed by atoms with Crippen LogP contribution in [0.5, 0.6) is 5.75 Å². The third kappa shape index (κ3) is 5.84. The molecule has 1 aromatic heterocycles. The van der Waals surface area contributed by atoms with Crippen molar-refractivity contribution >= 4 is 29.9 Å². The van der Waals surface area contributed by atoms with E-state index in [2.05, 4.69) is 15.3 Å². The molecule has 7 heteroatoms. The maximum absolute atomic E-state index is 13.8. The fraction of sp³-hybridized carbons (Fsp3) is 0.333. The van der Waals surface area contributed by atoms with Gasteiger partial charge in [-0.15, -0.1) is 24.0 Å². The molecule has 0 fully saturated rings. The first-order chi connectivity index (χ1) is 11.5. The topological polar surface area (TPSA) is 49.8 Å². The average molecular weight is 458 g/mol. The van der Waals surface area contributed by atoms with E-state index in [9.17, 15) is 4.39 Å². The Balaban J connectivity index is 0.00000312. The van der Waals surface area contributed by atoms with Crippen LogP contribution in [-0.4, -0.2) is 37.0 Å². The van der Waals surface area contributed by atoms with Crippen LogP contribution in [0.4, 0.5) is 4.39 Å². The SMILES string of the molecule is CN=C(NCc1ncccc1C)N(C)Cc1ccc(OC)c(F)c1.I. The van der Waals surface area contributed by atoms with Crippen LogP contribution < -0.4 is 10.1 Å².